The smallest absolute Gasteiger partial charge is 0.341 e. The molecule has 1 aliphatic rings. The summed E-state index contributed by atoms with van der Waals surface area (Å²) in [4.78, 5) is 19.4. The van der Waals surface area contributed by atoms with E-state index in [0.717, 1.165) is 54.3 Å². The van der Waals surface area contributed by atoms with Gasteiger partial charge in [-0.3, -0.25) is 4.98 Å². The number of ether oxygens (including phenoxy) is 3. The normalized spacial score (nSPS) is 13.4. The van der Waals surface area contributed by atoms with Crippen molar-refractivity contribution in [3.63, 3.8) is 0 Å². The Bertz CT molecular complexity index is 1050. The highest BCUT2D eigenvalue weighted by Gasteiger charge is 2.18. The second kappa shape index (κ2) is 11.0. The van der Waals surface area contributed by atoms with Crippen LogP contribution in [0.5, 0.6) is 5.75 Å². The number of carbonyl (C=O) groups excluding carboxylic acids is 1. The molecule has 1 fully saturated rings. The second-order valence-electron chi connectivity index (χ2n) is 7.15. The molecule has 1 N–H and O–H groups in total. The fraction of sp³-hybridized carbons (Fsp3) is 0.333. The molecule has 0 spiro atoms. The van der Waals surface area contributed by atoms with Crippen LogP contribution in [0, 0.1) is 0 Å². The lowest BCUT2D eigenvalue weighted by Crippen LogP contribution is -3.00. The van der Waals surface area contributed by atoms with Crippen molar-refractivity contribution in [1.82, 2.24) is 4.98 Å². The second-order valence-corrected chi connectivity index (χ2v) is 7.15. The summed E-state index contributed by atoms with van der Waals surface area (Å²) in [7, 11) is 0. The number of pyridine rings is 1. The van der Waals surface area contributed by atoms with Crippen LogP contribution in [-0.2, 0) is 9.47 Å². The molecule has 2 heterocycles. The van der Waals surface area contributed by atoms with E-state index in [0.29, 0.717) is 24.5 Å². The van der Waals surface area contributed by atoms with E-state index in [9.17, 15) is 4.79 Å². The number of halogens is 1. The number of fused-ring (bicyclic) bond motifs is 1. The van der Waals surface area contributed by atoms with Crippen LogP contribution < -0.4 is 27.4 Å². The molecular weight excluding hydrogens is 430 g/mol. The van der Waals surface area contributed by atoms with E-state index in [1.165, 1.54) is 0 Å². The molecule has 1 aliphatic heterocycles. The van der Waals surface area contributed by atoms with Crippen molar-refractivity contribution in [2.75, 3.05) is 49.7 Å². The first-order valence-electron chi connectivity index (χ1n) is 10.6. The molecular formula is C24H27ClN3O4-. The first-order chi connectivity index (χ1) is 15.2. The Morgan fingerprint density at radius 2 is 1.84 bits per heavy atom. The van der Waals surface area contributed by atoms with Crippen LogP contribution >= 0.6 is 0 Å². The van der Waals surface area contributed by atoms with Crippen molar-refractivity contribution in [2.45, 2.75) is 13.8 Å². The molecule has 0 radical (unpaired) electrons. The Morgan fingerprint density at radius 1 is 1.09 bits per heavy atom. The third-order valence-electron chi connectivity index (χ3n) is 5.16. The summed E-state index contributed by atoms with van der Waals surface area (Å²) in [5.41, 5.74) is 3.84. The van der Waals surface area contributed by atoms with E-state index in [1.807, 2.05) is 37.3 Å². The fourth-order valence-electron chi connectivity index (χ4n) is 3.65. The highest BCUT2D eigenvalue weighted by molar-refractivity contribution is 6.06. The minimum absolute atomic E-state index is 0. The molecule has 0 saturated carbocycles. The van der Waals surface area contributed by atoms with Crippen LogP contribution in [-0.4, -0.2) is 50.5 Å². The van der Waals surface area contributed by atoms with Crippen LogP contribution in [0.3, 0.4) is 0 Å². The summed E-state index contributed by atoms with van der Waals surface area (Å²) in [6, 6.07) is 13.8. The fourth-order valence-corrected chi connectivity index (χ4v) is 3.65. The maximum absolute atomic E-state index is 12.6. The molecule has 1 saturated heterocycles. The molecule has 0 bridgehead atoms. The molecule has 4 rings (SSSR count). The summed E-state index contributed by atoms with van der Waals surface area (Å²) in [5, 5.41) is 4.21. The SMILES string of the molecule is CCOC(=O)c1cnc2ccc(OCC)cc2c1Nc1ccc(N2CCOCC2)cc1.[Cl-]. The summed E-state index contributed by atoms with van der Waals surface area (Å²) in [5.74, 6) is 0.315. The molecule has 0 aliphatic carbocycles. The zero-order valence-electron chi connectivity index (χ0n) is 18.3. The number of benzene rings is 2. The Kier molecular flexibility index (Phi) is 8.14. The van der Waals surface area contributed by atoms with E-state index in [1.54, 1.807) is 13.1 Å². The zero-order chi connectivity index (χ0) is 21.6. The predicted molar refractivity (Wildman–Crippen MR) is 122 cm³/mol. The van der Waals surface area contributed by atoms with Gasteiger partial charge in [0.15, 0.2) is 0 Å². The topological polar surface area (TPSA) is 72.9 Å². The van der Waals surface area contributed by atoms with Gasteiger partial charge in [0.25, 0.3) is 0 Å². The van der Waals surface area contributed by atoms with Gasteiger partial charge in [0, 0.05) is 36.0 Å². The predicted octanol–water partition coefficient (Wildman–Crippen LogP) is 1.39. The van der Waals surface area contributed by atoms with Gasteiger partial charge >= 0.3 is 5.97 Å². The number of rotatable bonds is 7. The first-order valence-corrected chi connectivity index (χ1v) is 10.6. The number of esters is 1. The highest BCUT2D eigenvalue weighted by Crippen LogP contribution is 2.33. The average Bonchev–Trinajstić information content (AvgIpc) is 2.81. The van der Waals surface area contributed by atoms with E-state index >= 15 is 0 Å². The van der Waals surface area contributed by atoms with Crippen LogP contribution in [0.25, 0.3) is 10.9 Å². The molecule has 0 unspecified atom stereocenters. The number of nitrogens with one attached hydrogen (secondary N) is 1. The van der Waals surface area contributed by atoms with Gasteiger partial charge in [-0.05, 0) is 56.3 Å². The van der Waals surface area contributed by atoms with Crippen molar-refractivity contribution in [2.24, 2.45) is 0 Å². The van der Waals surface area contributed by atoms with Gasteiger partial charge in [-0.1, -0.05) is 0 Å². The highest BCUT2D eigenvalue weighted by atomic mass is 35.5. The van der Waals surface area contributed by atoms with Crippen molar-refractivity contribution >= 4 is 33.9 Å². The van der Waals surface area contributed by atoms with Gasteiger partial charge in [-0.15, -0.1) is 0 Å². The molecule has 0 atom stereocenters. The Morgan fingerprint density at radius 3 is 2.53 bits per heavy atom. The van der Waals surface area contributed by atoms with E-state index in [-0.39, 0.29) is 12.4 Å². The lowest BCUT2D eigenvalue weighted by Gasteiger charge is -2.29. The van der Waals surface area contributed by atoms with Crippen LogP contribution in [0.1, 0.15) is 24.2 Å². The number of carbonyl (C=O) groups is 1. The first kappa shape index (κ1) is 23.6. The van der Waals surface area contributed by atoms with Gasteiger partial charge < -0.3 is 36.8 Å². The number of nitrogens with zero attached hydrogens (tertiary/aromatic N) is 2. The number of anilines is 3. The Hall–Kier alpha value is -3.03. The summed E-state index contributed by atoms with van der Waals surface area (Å²) < 4.78 is 16.4. The number of hydrogen-bond acceptors (Lipinski definition) is 7. The third-order valence-corrected chi connectivity index (χ3v) is 5.16. The summed E-state index contributed by atoms with van der Waals surface area (Å²) in [6.45, 7) is 7.83. The molecule has 3 aromatic rings. The van der Waals surface area contributed by atoms with Crippen LogP contribution in [0.2, 0.25) is 0 Å². The Labute approximate surface area is 194 Å². The van der Waals surface area contributed by atoms with Crippen LogP contribution in [0.15, 0.2) is 48.7 Å². The molecule has 7 nitrogen and oxygen atoms in total. The summed E-state index contributed by atoms with van der Waals surface area (Å²) in [6.07, 6.45) is 1.56. The molecule has 32 heavy (non-hydrogen) atoms. The summed E-state index contributed by atoms with van der Waals surface area (Å²) >= 11 is 0. The van der Waals surface area contributed by atoms with E-state index in [2.05, 4.69) is 27.3 Å². The minimum Gasteiger partial charge on any atom is -1.00 e. The van der Waals surface area contributed by atoms with Crippen molar-refractivity contribution in [1.29, 1.82) is 0 Å². The molecule has 0 amide bonds. The maximum atomic E-state index is 12.6. The standard InChI is InChI=1S/C24H27N3O4.ClH/c1-3-30-19-9-10-22-20(15-19)23(21(16-25-22)24(28)31-4-2)26-17-5-7-18(8-6-17)27-11-13-29-14-12-27;/h5-10,15-16H,3-4,11-14H2,1-2H3,(H,25,26);1H/p-1. The molecule has 8 heteroatoms. The molecule has 170 valence electrons. The van der Waals surface area contributed by atoms with E-state index in [4.69, 9.17) is 14.2 Å². The third kappa shape index (κ3) is 5.23. The van der Waals surface area contributed by atoms with Gasteiger partial charge in [0.05, 0.1) is 37.6 Å². The van der Waals surface area contributed by atoms with Gasteiger partial charge in [0.2, 0.25) is 0 Å². The maximum Gasteiger partial charge on any atom is 0.341 e. The van der Waals surface area contributed by atoms with E-state index < -0.39 is 5.97 Å². The zero-order valence-corrected chi connectivity index (χ0v) is 19.0. The minimum atomic E-state index is -0.411. The van der Waals surface area contributed by atoms with Crippen LogP contribution in [0.4, 0.5) is 17.1 Å². The quantitative estimate of drug-likeness (QED) is 0.539. The average molecular weight is 457 g/mol. The van der Waals surface area contributed by atoms with Gasteiger partial charge in [-0.2, -0.15) is 0 Å². The Balaban J connectivity index is 0.00000289. The largest absolute Gasteiger partial charge is 1.00 e. The van der Waals surface area contributed by atoms with Gasteiger partial charge in [0.1, 0.15) is 11.3 Å². The monoisotopic (exact) mass is 456 g/mol. The lowest BCUT2D eigenvalue weighted by atomic mass is 10.1. The molecule has 1 aromatic heterocycles. The number of aromatic nitrogens is 1. The van der Waals surface area contributed by atoms with Gasteiger partial charge in [-0.25, -0.2) is 4.79 Å². The van der Waals surface area contributed by atoms with Crippen molar-refractivity contribution in [3.8, 4) is 5.75 Å². The molecule has 2 aromatic carbocycles. The van der Waals surface area contributed by atoms with Crippen molar-refractivity contribution in [3.05, 3.63) is 54.2 Å². The number of morpholine rings is 1. The van der Waals surface area contributed by atoms with Crippen molar-refractivity contribution < 1.29 is 31.4 Å². The lowest BCUT2D eigenvalue weighted by molar-refractivity contribution is -0.0000257. The number of hydrogen-bond donors (Lipinski definition) is 1.